The molecule has 10 atom stereocenters. The number of hydrogen-bond donors (Lipinski definition) is 14. The van der Waals surface area contributed by atoms with Crippen molar-refractivity contribution in [2.75, 3.05) is 25.1 Å². The molecule has 0 saturated carbocycles. The minimum absolute atomic E-state index is 0.00750. The highest BCUT2D eigenvalue weighted by Crippen LogP contribution is 2.25. The van der Waals surface area contributed by atoms with Gasteiger partial charge in [0, 0.05) is 35.6 Å². The molecule has 1 heterocycles. The first-order valence-electron chi connectivity index (χ1n) is 25.6. The number of halogens is 1. The molecule has 4 aromatic rings. The molecular formula is C54H70ClN11O12S2. The van der Waals surface area contributed by atoms with Gasteiger partial charge in [-0.25, -0.2) is 0 Å². The van der Waals surface area contributed by atoms with Gasteiger partial charge in [-0.05, 0) is 123 Å². The van der Waals surface area contributed by atoms with Gasteiger partial charge in [0.1, 0.15) is 47.9 Å². The number of likely N-dealkylation sites (N-methyl/N-ethyl adjacent to an activating group) is 1. The Morgan fingerprint density at radius 1 is 0.750 bits per heavy atom. The second kappa shape index (κ2) is 31.1. The number of aliphatic hydroxyl groups excluding tert-OH is 2. The molecule has 0 aliphatic carbocycles. The first-order chi connectivity index (χ1) is 38.0. The maximum atomic E-state index is 15.0. The molecule has 23 nitrogen and oxygen atoms in total. The van der Waals surface area contributed by atoms with Gasteiger partial charge in [-0.15, -0.1) is 0 Å². The normalized spacial score (nSPS) is 22.1. The molecule has 432 valence electrons. The molecule has 1 unspecified atom stereocenters. The third kappa shape index (κ3) is 19.7. The number of phenols is 2. The molecule has 0 spiro atoms. The number of rotatable bonds is 19. The second-order valence-electron chi connectivity index (χ2n) is 19.4. The highest BCUT2D eigenvalue weighted by molar-refractivity contribution is 8.76. The van der Waals surface area contributed by atoms with E-state index < -0.39 is 108 Å². The van der Waals surface area contributed by atoms with Gasteiger partial charge < -0.3 is 74.8 Å². The zero-order valence-corrected chi connectivity index (χ0v) is 46.5. The molecular weight excluding hydrogens is 1090 g/mol. The van der Waals surface area contributed by atoms with Crippen LogP contribution in [-0.4, -0.2) is 158 Å². The number of benzene rings is 4. The summed E-state index contributed by atoms with van der Waals surface area (Å²) in [5.74, 6) is -7.46. The Kier molecular flexibility index (Phi) is 24.9. The van der Waals surface area contributed by atoms with E-state index in [1.165, 1.54) is 62.5 Å². The molecule has 8 amide bonds. The van der Waals surface area contributed by atoms with E-state index in [9.17, 15) is 54.0 Å². The first-order valence-corrected chi connectivity index (χ1v) is 28.5. The van der Waals surface area contributed by atoms with Crippen molar-refractivity contribution in [3.63, 3.8) is 0 Å². The fourth-order valence-corrected chi connectivity index (χ4v) is 11.0. The summed E-state index contributed by atoms with van der Waals surface area (Å²) in [7, 11) is 3.28. The van der Waals surface area contributed by atoms with Crippen LogP contribution in [0.1, 0.15) is 58.8 Å². The zero-order chi connectivity index (χ0) is 58.6. The standard InChI is InChI=1S/C54H70ClN11O12S2/c1-29(67)45-53(77)64-43(50(74)60-39(47(59)71)24-32-10-18-36(68)19-11-32)28-80-79-27-42(63-48(72)38(57)23-30-8-16-35(55)17-9-30)51(75)61-40(25-33-12-20-37(69)21-13-33)49(73)62-41(26-31-6-14-34(15-7-31)46(58)70)54(78)66(2)44(52(76)65-45)5-3-4-22-56/h6-21,29,38-45,49,62,67-69,73H,3-5,22-28,56-57H2,1-2H3,(H2,58,70)(H2,59,71)(H,60,74)(H,61,75)(H,63,72)(H,64,77)(H,65,76)/t29-,38+,39-,40+,41-,42-,43+,44+,45+,49?/m1/s1. The number of amides is 8. The lowest BCUT2D eigenvalue weighted by atomic mass is 9.99. The summed E-state index contributed by atoms with van der Waals surface area (Å²) < 4.78 is 0. The van der Waals surface area contributed by atoms with Crippen molar-refractivity contribution in [1.82, 2.24) is 36.8 Å². The monoisotopic (exact) mass is 1160 g/mol. The van der Waals surface area contributed by atoms with Gasteiger partial charge in [0.05, 0.1) is 24.2 Å². The van der Waals surface area contributed by atoms with E-state index in [0.29, 0.717) is 40.1 Å². The molecule has 1 saturated heterocycles. The third-order valence-electron chi connectivity index (χ3n) is 13.1. The van der Waals surface area contributed by atoms with Crippen LogP contribution >= 0.6 is 33.2 Å². The Labute approximate surface area is 475 Å². The number of nitrogens with one attached hydrogen (secondary N) is 6. The van der Waals surface area contributed by atoms with Crippen molar-refractivity contribution in [3.8, 4) is 11.5 Å². The van der Waals surface area contributed by atoms with Gasteiger partial charge >= 0.3 is 0 Å². The van der Waals surface area contributed by atoms with Crippen LogP contribution in [0.15, 0.2) is 97.1 Å². The molecule has 1 fully saturated rings. The molecule has 18 N–H and O–H groups in total. The Hall–Kier alpha value is -6.97. The maximum Gasteiger partial charge on any atom is 0.248 e. The highest BCUT2D eigenvalue weighted by atomic mass is 35.5. The van der Waals surface area contributed by atoms with Crippen LogP contribution in [0.25, 0.3) is 0 Å². The van der Waals surface area contributed by atoms with Crippen LogP contribution in [0.5, 0.6) is 11.5 Å². The molecule has 0 aromatic heterocycles. The molecule has 26 heteroatoms. The molecule has 80 heavy (non-hydrogen) atoms. The summed E-state index contributed by atoms with van der Waals surface area (Å²) >= 11 is 6.08. The van der Waals surface area contributed by atoms with Gasteiger partial charge in [-0.1, -0.05) is 81.7 Å². The highest BCUT2D eigenvalue weighted by Gasteiger charge is 2.38. The number of nitrogens with zero attached hydrogens (tertiary/aromatic N) is 1. The Bertz CT molecular complexity index is 2750. The van der Waals surface area contributed by atoms with Crippen molar-refractivity contribution >= 4 is 80.4 Å². The Morgan fingerprint density at radius 3 is 1.90 bits per heavy atom. The fourth-order valence-electron chi connectivity index (χ4n) is 8.50. The van der Waals surface area contributed by atoms with Gasteiger partial charge in [0.25, 0.3) is 0 Å². The average Bonchev–Trinajstić information content (AvgIpc) is 3.42. The van der Waals surface area contributed by atoms with E-state index in [1.54, 1.807) is 48.5 Å². The summed E-state index contributed by atoms with van der Waals surface area (Å²) in [5.41, 5.74) is 25.8. The molecule has 4 aromatic carbocycles. The number of unbranched alkanes of at least 4 members (excludes halogenated alkanes) is 1. The average molecular weight is 1160 g/mol. The zero-order valence-electron chi connectivity index (χ0n) is 44.1. The predicted octanol–water partition coefficient (Wildman–Crippen LogP) is -0.634. The molecule has 5 rings (SSSR count). The van der Waals surface area contributed by atoms with E-state index in [1.807, 2.05) is 0 Å². The maximum absolute atomic E-state index is 15.0. The lowest BCUT2D eigenvalue weighted by Crippen LogP contribution is -2.63. The van der Waals surface area contributed by atoms with Crippen molar-refractivity contribution < 1.29 is 58.8 Å². The van der Waals surface area contributed by atoms with Gasteiger partial charge in [0.15, 0.2) is 0 Å². The summed E-state index contributed by atoms with van der Waals surface area (Å²) in [5, 5.41) is 60.0. The van der Waals surface area contributed by atoms with Crippen LogP contribution in [0.3, 0.4) is 0 Å². The third-order valence-corrected chi connectivity index (χ3v) is 15.8. The summed E-state index contributed by atoms with van der Waals surface area (Å²) in [6.45, 7) is 1.45. The van der Waals surface area contributed by atoms with E-state index >= 15 is 4.79 Å². The lowest BCUT2D eigenvalue weighted by Gasteiger charge is -2.35. The van der Waals surface area contributed by atoms with Crippen molar-refractivity contribution in [3.05, 3.63) is 130 Å². The Balaban J connectivity index is 1.60. The number of aliphatic hydroxyl groups is 2. The van der Waals surface area contributed by atoms with Crippen molar-refractivity contribution in [2.24, 2.45) is 22.9 Å². The van der Waals surface area contributed by atoms with E-state index in [2.05, 4.69) is 31.9 Å². The number of carbonyl (C=O) groups excluding carboxylic acids is 8. The van der Waals surface area contributed by atoms with Crippen LogP contribution in [0, 0.1) is 0 Å². The minimum atomic E-state index is -1.78. The summed E-state index contributed by atoms with van der Waals surface area (Å²) in [4.78, 5) is 113. The molecule has 0 bridgehead atoms. The quantitative estimate of drug-likeness (QED) is 0.0410. The largest absolute Gasteiger partial charge is 0.508 e. The van der Waals surface area contributed by atoms with Crippen LogP contribution in [-0.2, 0) is 59.2 Å². The molecule has 1 aliphatic heterocycles. The van der Waals surface area contributed by atoms with Gasteiger partial charge in [-0.3, -0.25) is 43.7 Å². The minimum Gasteiger partial charge on any atom is -0.508 e. The van der Waals surface area contributed by atoms with Crippen molar-refractivity contribution in [1.29, 1.82) is 0 Å². The van der Waals surface area contributed by atoms with Gasteiger partial charge in [-0.2, -0.15) is 0 Å². The van der Waals surface area contributed by atoms with E-state index in [0.717, 1.165) is 26.5 Å². The van der Waals surface area contributed by atoms with Crippen LogP contribution in [0.4, 0.5) is 0 Å². The van der Waals surface area contributed by atoms with Crippen LogP contribution in [0.2, 0.25) is 5.02 Å². The topological polar surface area (TPSA) is 397 Å². The second-order valence-corrected chi connectivity index (χ2v) is 22.3. The lowest BCUT2D eigenvalue weighted by molar-refractivity contribution is -0.143. The smallest absolute Gasteiger partial charge is 0.248 e. The Morgan fingerprint density at radius 2 is 1.31 bits per heavy atom. The van der Waals surface area contributed by atoms with Crippen LogP contribution < -0.4 is 54.8 Å². The first kappa shape index (κ1) is 63.9. The SMILES string of the molecule is C[C@@H](O)[C@@H]1NC(=O)[C@H](CCCCN)N(C)C(=O)[C@@H](Cc2ccc(C(N)=O)cc2)NC(O)[C@H](Cc2ccc(O)cc2)NC(=O)[C@H](NC(=O)[C@@H](N)Cc2ccc(Cl)cc2)CSSC[C@@H](C(=O)N[C@H](Cc2ccc(O)cc2)C(N)=O)NC1=O. The van der Waals surface area contributed by atoms with E-state index in [4.69, 9.17) is 34.5 Å². The van der Waals surface area contributed by atoms with E-state index in [-0.39, 0.29) is 67.2 Å². The number of primary amides is 2. The number of aromatic hydroxyl groups is 2. The number of hydrogen-bond acceptors (Lipinski definition) is 17. The number of carbonyl (C=O) groups is 8. The van der Waals surface area contributed by atoms with Crippen molar-refractivity contribution in [2.45, 2.75) is 113 Å². The fraction of sp³-hybridized carbons (Fsp3) is 0.407. The number of phenolic OH excluding ortho intramolecular Hbond substituents is 2. The molecule has 1 aliphatic rings. The predicted molar refractivity (Wildman–Crippen MR) is 303 cm³/mol. The van der Waals surface area contributed by atoms with Gasteiger partial charge in [0.2, 0.25) is 47.3 Å². The summed E-state index contributed by atoms with van der Waals surface area (Å²) in [6.07, 6.45) is -3.05. The summed E-state index contributed by atoms with van der Waals surface area (Å²) in [6, 6.07) is 13.1. The number of nitrogens with two attached hydrogens (primary N) is 4. The molecule has 0 radical (unpaired) electrons.